The average molecular weight is 367 g/mol. The van der Waals surface area contributed by atoms with E-state index >= 15 is 0 Å². The van der Waals surface area contributed by atoms with Gasteiger partial charge in [-0.15, -0.1) is 11.8 Å². The summed E-state index contributed by atoms with van der Waals surface area (Å²) in [5.41, 5.74) is 0.987. The molecule has 0 aliphatic heterocycles. The molecule has 0 aliphatic carbocycles. The summed E-state index contributed by atoms with van der Waals surface area (Å²) in [5.74, 6) is -0.0215. The fourth-order valence-corrected chi connectivity index (χ4v) is 3.82. The zero-order valence-electron chi connectivity index (χ0n) is 11.5. The molecule has 1 N–H and O–H groups in total. The fourth-order valence-electron chi connectivity index (χ4n) is 1.93. The molecule has 0 saturated heterocycles. The summed E-state index contributed by atoms with van der Waals surface area (Å²) in [6.07, 6.45) is 0.0688. The first-order chi connectivity index (χ1) is 10.1. The number of carbonyl (C=O) groups is 1. The van der Waals surface area contributed by atoms with E-state index in [4.69, 9.17) is 9.84 Å². The maximum absolute atomic E-state index is 11.1. The quantitative estimate of drug-likeness (QED) is 0.748. The lowest BCUT2D eigenvalue weighted by molar-refractivity contribution is -0.137. The normalized spacial score (nSPS) is 11.9. The Kier molecular flexibility index (Phi) is 5.70. The molecule has 0 amide bonds. The summed E-state index contributed by atoms with van der Waals surface area (Å²) in [5, 5.41) is 9.00. The van der Waals surface area contributed by atoms with Gasteiger partial charge >= 0.3 is 5.97 Å². The van der Waals surface area contributed by atoms with Crippen molar-refractivity contribution in [3.8, 4) is 5.75 Å². The second kappa shape index (κ2) is 7.52. The number of methoxy groups -OCH3 is 1. The number of aliphatic carboxylic acids is 1. The molecule has 0 fully saturated rings. The van der Waals surface area contributed by atoms with Gasteiger partial charge in [-0.25, -0.2) is 0 Å². The SMILES string of the molecule is COc1ccc(S[C@@H](CC(=O)O)c2ccccc2Br)cc1. The minimum absolute atomic E-state index is 0.0688. The van der Waals surface area contributed by atoms with Crippen LogP contribution in [0.4, 0.5) is 0 Å². The van der Waals surface area contributed by atoms with Crippen molar-refractivity contribution in [2.24, 2.45) is 0 Å². The number of hydrogen-bond donors (Lipinski definition) is 1. The van der Waals surface area contributed by atoms with Crippen molar-refractivity contribution in [3.63, 3.8) is 0 Å². The first-order valence-electron chi connectivity index (χ1n) is 6.37. The van der Waals surface area contributed by atoms with Gasteiger partial charge in [0, 0.05) is 14.6 Å². The molecule has 110 valence electrons. The van der Waals surface area contributed by atoms with Crippen LogP contribution in [-0.4, -0.2) is 18.2 Å². The lowest BCUT2D eigenvalue weighted by atomic mass is 10.1. The first-order valence-corrected chi connectivity index (χ1v) is 8.04. The van der Waals surface area contributed by atoms with Gasteiger partial charge in [-0.3, -0.25) is 4.79 Å². The summed E-state index contributed by atoms with van der Waals surface area (Å²) >= 11 is 5.03. The molecule has 0 aromatic heterocycles. The number of halogens is 1. The van der Waals surface area contributed by atoms with Crippen LogP contribution < -0.4 is 4.74 Å². The van der Waals surface area contributed by atoms with E-state index in [0.29, 0.717) is 0 Å². The molecule has 2 aromatic rings. The van der Waals surface area contributed by atoms with E-state index in [1.165, 1.54) is 11.8 Å². The van der Waals surface area contributed by atoms with Crippen molar-refractivity contribution in [3.05, 3.63) is 58.6 Å². The van der Waals surface area contributed by atoms with E-state index in [0.717, 1.165) is 20.7 Å². The van der Waals surface area contributed by atoms with Crippen molar-refractivity contribution in [1.82, 2.24) is 0 Å². The topological polar surface area (TPSA) is 46.5 Å². The largest absolute Gasteiger partial charge is 0.497 e. The molecule has 0 bridgehead atoms. The summed E-state index contributed by atoms with van der Waals surface area (Å²) in [6, 6.07) is 15.4. The lowest BCUT2D eigenvalue weighted by Gasteiger charge is -2.16. The van der Waals surface area contributed by atoms with Crippen molar-refractivity contribution in [1.29, 1.82) is 0 Å². The molecule has 5 heteroatoms. The second-order valence-electron chi connectivity index (χ2n) is 4.40. The molecule has 0 spiro atoms. The van der Waals surface area contributed by atoms with E-state index in [1.54, 1.807) is 7.11 Å². The van der Waals surface area contributed by atoms with E-state index < -0.39 is 5.97 Å². The van der Waals surface area contributed by atoms with E-state index in [9.17, 15) is 4.79 Å². The number of rotatable bonds is 6. The monoisotopic (exact) mass is 366 g/mol. The third-order valence-electron chi connectivity index (χ3n) is 2.95. The highest BCUT2D eigenvalue weighted by Gasteiger charge is 2.19. The highest BCUT2D eigenvalue weighted by Crippen LogP contribution is 2.41. The van der Waals surface area contributed by atoms with Gasteiger partial charge in [0.2, 0.25) is 0 Å². The third kappa shape index (κ3) is 4.51. The Hall–Kier alpha value is -1.46. The molecular weight excluding hydrogens is 352 g/mol. The molecule has 2 rings (SSSR count). The molecule has 0 saturated carbocycles. The number of ether oxygens (including phenoxy) is 1. The summed E-state index contributed by atoms with van der Waals surface area (Å²) in [6.45, 7) is 0. The molecule has 0 heterocycles. The molecule has 3 nitrogen and oxygen atoms in total. The Balaban J connectivity index is 2.23. The van der Waals surface area contributed by atoms with Crippen LogP contribution in [0.1, 0.15) is 17.2 Å². The first kappa shape index (κ1) is 15.9. The van der Waals surface area contributed by atoms with E-state index in [1.807, 2.05) is 48.5 Å². The van der Waals surface area contributed by atoms with Crippen LogP contribution in [0.2, 0.25) is 0 Å². The van der Waals surface area contributed by atoms with Crippen LogP contribution in [0, 0.1) is 0 Å². The predicted octanol–water partition coefficient (Wildman–Crippen LogP) is 4.77. The van der Waals surface area contributed by atoms with Gasteiger partial charge in [0.1, 0.15) is 5.75 Å². The maximum atomic E-state index is 11.1. The standard InChI is InChI=1S/C16H15BrO3S/c1-20-11-6-8-12(9-7-11)21-15(10-16(18)19)13-4-2-3-5-14(13)17/h2-9,15H,10H2,1H3,(H,18,19)/t15-/m0/s1. The number of benzene rings is 2. The number of carboxylic acid groups (broad SMARTS) is 1. The summed E-state index contributed by atoms with van der Waals surface area (Å²) in [4.78, 5) is 12.1. The molecule has 0 aliphatic rings. The van der Waals surface area contributed by atoms with Gasteiger partial charge in [0.25, 0.3) is 0 Å². The Morgan fingerprint density at radius 2 is 1.90 bits per heavy atom. The van der Waals surface area contributed by atoms with Crippen LogP contribution >= 0.6 is 27.7 Å². The summed E-state index contributed by atoms with van der Waals surface area (Å²) in [7, 11) is 1.62. The van der Waals surface area contributed by atoms with Crippen LogP contribution in [-0.2, 0) is 4.79 Å². The molecule has 0 unspecified atom stereocenters. The molecule has 1 atom stereocenters. The van der Waals surface area contributed by atoms with Crippen molar-refractivity contribution < 1.29 is 14.6 Å². The average Bonchev–Trinajstić information content (AvgIpc) is 2.47. The lowest BCUT2D eigenvalue weighted by Crippen LogP contribution is -2.04. The molecular formula is C16H15BrO3S. The number of thioether (sulfide) groups is 1. The Labute approximate surface area is 136 Å². The van der Waals surface area contributed by atoms with Crippen LogP contribution in [0.15, 0.2) is 57.9 Å². The highest BCUT2D eigenvalue weighted by atomic mass is 79.9. The molecule has 2 aromatic carbocycles. The van der Waals surface area contributed by atoms with Gasteiger partial charge < -0.3 is 9.84 Å². The summed E-state index contributed by atoms with van der Waals surface area (Å²) < 4.78 is 6.06. The zero-order valence-corrected chi connectivity index (χ0v) is 13.9. The van der Waals surface area contributed by atoms with Gasteiger partial charge in [0.05, 0.1) is 13.5 Å². The maximum Gasteiger partial charge on any atom is 0.304 e. The number of hydrogen-bond acceptors (Lipinski definition) is 3. The molecule has 0 radical (unpaired) electrons. The third-order valence-corrected chi connectivity index (χ3v) is 4.92. The van der Waals surface area contributed by atoms with Gasteiger partial charge in [-0.2, -0.15) is 0 Å². The van der Waals surface area contributed by atoms with E-state index in [2.05, 4.69) is 15.9 Å². The fraction of sp³-hybridized carbons (Fsp3) is 0.188. The van der Waals surface area contributed by atoms with Crippen LogP contribution in [0.3, 0.4) is 0 Å². The zero-order chi connectivity index (χ0) is 15.2. The van der Waals surface area contributed by atoms with Crippen LogP contribution in [0.5, 0.6) is 5.75 Å². The highest BCUT2D eigenvalue weighted by molar-refractivity contribution is 9.10. The van der Waals surface area contributed by atoms with Crippen molar-refractivity contribution in [2.45, 2.75) is 16.6 Å². The Bertz CT molecular complexity index is 613. The Morgan fingerprint density at radius 3 is 2.48 bits per heavy atom. The van der Waals surface area contributed by atoms with Crippen molar-refractivity contribution >= 4 is 33.7 Å². The minimum Gasteiger partial charge on any atom is -0.497 e. The van der Waals surface area contributed by atoms with Gasteiger partial charge in [-0.05, 0) is 35.9 Å². The minimum atomic E-state index is -0.809. The van der Waals surface area contributed by atoms with Crippen LogP contribution in [0.25, 0.3) is 0 Å². The van der Waals surface area contributed by atoms with Gasteiger partial charge in [0.15, 0.2) is 0 Å². The van der Waals surface area contributed by atoms with Crippen molar-refractivity contribution in [2.75, 3.05) is 7.11 Å². The van der Waals surface area contributed by atoms with E-state index in [-0.39, 0.29) is 11.7 Å². The molecule has 21 heavy (non-hydrogen) atoms. The number of carboxylic acids is 1. The predicted molar refractivity (Wildman–Crippen MR) is 88.0 cm³/mol. The smallest absolute Gasteiger partial charge is 0.304 e. The Morgan fingerprint density at radius 1 is 1.24 bits per heavy atom. The van der Waals surface area contributed by atoms with Gasteiger partial charge in [-0.1, -0.05) is 34.1 Å². The second-order valence-corrected chi connectivity index (χ2v) is 6.53.